The summed E-state index contributed by atoms with van der Waals surface area (Å²) in [6, 6.07) is 0. The summed E-state index contributed by atoms with van der Waals surface area (Å²) in [7, 11) is 2.69. The molecule has 1 saturated heterocycles. The molecule has 7 heteroatoms. The first kappa shape index (κ1) is 14.9. The highest BCUT2D eigenvalue weighted by molar-refractivity contribution is 8.98. The van der Waals surface area contributed by atoms with Gasteiger partial charge < -0.3 is 5.11 Å². The molecule has 0 spiro atoms. The maximum Gasteiger partial charge on any atom is 0.399 e. The molecule has 1 N–H and O–H groups in total. The minimum Gasteiger partial charge on any atom is -0.396 e. The first-order valence-electron chi connectivity index (χ1n) is 5.29. The van der Waals surface area contributed by atoms with Crippen molar-refractivity contribution in [3.63, 3.8) is 0 Å². The summed E-state index contributed by atoms with van der Waals surface area (Å²) in [5.41, 5.74) is -0.0456. The van der Waals surface area contributed by atoms with Crippen molar-refractivity contribution in [3.8, 4) is 0 Å². The molecule has 0 aromatic carbocycles. The minimum absolute atomic E-state index is 0.0456. The lowest BCUT2D eigenvalue weighted by Gasteiger charge is -2.32. The second kappa shape index (κ2) is 6.66. The van der Waals surface area contributed by atoms with Crippen LogP contribution in [0.5, 0.6) is 0 Å². The van der Waals surface area contributed by atoms with Crippen LogP contribution in [0.15, 0.2) is 0 Å². The third kappa shape index (κ3) is 5.43. The Morgan fingerprint density at radius 3 is 2.50 bits per heavy atom. The average Bonchev–Trinajstić information content (AvgIpc) is 2.23. The first-order valence-corrected chi connectivity index (χ1v) is 9.75. The molecular weight excluding hydrogens is 267 g/mol. The Hall–Kier alpha value is 0.810. The van der Waals surface area contributed by atoms with Crippen LogP contribution in [0.4, 0.5) is 0 Å². The van der Waals surface area contributed by atoms with Crippen LogP contribution in [0.3, 0.4) is 0 Å². The summed E-state index contributed by atoms with van der Waals surface area (Å²) < 4.78 is 22.6. The fourth-order valence-electron chi connectivity index (χ4n) is 1.00. The quantitative estimate of drug-likeness (QED) is 0.459. The summed E-state index contributed by atoms with van der Waals surface area (Å²) in [5.74, 6) is 0.853. The average molecular weight is 286 g/mol. The van der Waals surface area contributed by atoms with E-state index in [0.717, 1.165) is 18.6 Å². The molecule has 0 aromatic rings. The van der Waals surface area contributed by atoms with Gasteiger partial charge >= 0.3 is 6.80 Å². The van der Waals surface area contributed by atoms with Gasteiger partial charge in [0.15, 0.2) is 0 Å². The largest absolute Gasteiger partial charge is 0.399 e. The zero-order valence-electron chi connectivity index (χ0n) is 9.68. The Kier molecular flexibility index (Phi) is 6.19. The zero-order valence-corrected chi connectivity index (χ0v) is 12.2. The lowest BCUT2D eigenvalue weighted by molar-refractivity contribution is 0.0502. The predicted octanol–water partition coefficient (Wildman–Crippen LogP) is 3.32. The topological polar surface area (TPSA) is 55.8 Å². The zero-order chi connectivity index (χ0) is 12.1. The number of aliphatic hydroxyl groups is 1. The van der Waals surface area contributed by atoms with Gasteiger partial charge in [0.05, 0.1) is 13.2 Å². The van der Waals surface area contributed by atoms with E-state index in [-0.39, 0.29) is 12.0 Å². The Labute approximate surface area is 105 Å². The summed E-state index contributed by atoms with van der Waals surface area (Å²) in [6.45, 7) is 2.30. The molecule has 0 atom stereocenters. The molecule has 0 unspecified atom stereocenters. The number of hydrogen-bond acceptors (Lipinski definition) is 6. The molecule has 96 valence electrons. The first-order chi connectivity index (χ1) is 7.47. The van der Waals surface area contributed by atoms with Crippen molar-refractivity contribution in [3.05, 3.63) is 0 Å². The van der Waals surface area contributed by atoms with Crippen molar-refractivity contribution in [2.45, 2.75) is 26.7 Å². The molecule has 1 aliphatic heterocycles. The van der Waals surface area contributed by atoms with Crippen LogP contribution in [0.1, 0.15) is 26.7 Å². The van der Waals surface area contributed by atoms with Crippen LogP contribution in [-0.4, -0.2) is 30.7 Å². The van der Waals surface area contributed by atoms with Crippen molar-refractivity contribution < 1.29 is 18.7 Å². The number of aliphatic hydroxyl groups excluding tert-OH is 1. The molecule has 0 saturated carbocycles. The van der Waals surface area contributed by atoms with Gasteiger partial charge in [-0.1, -0.05) is 24.6 Å². The second-order valence-corrected chi connectivity index (χ2v) is 10.5. The normalized spacial score (nSPS) is 23.2. The van der Waals surface area contributed by atoms with Gasteiger partial charge in [0.25, 0.3) is 0 Å². The molecule has 4 nitrogen and oxygen atoms in total. The lowest BCUT2D eigenvalue weighted by atomic mass is 9.97. The van der Waals surface area contributed by atoms with Crippen molar-refractivity contribution in [2.24, 2.45) is 5.41 Å². The third-order valence-electron chi connectivity index (χ3n) is 2.01. The van der Waals surface area contributed by atoms with Crippen LogP contribution in [0, 0.1) is 5.41 Å². The number of hydrogen-bond donors (Lipinski definition) is 1. The van der Waals surface area contributed by atoms with Gasteiger partial charge in [0.1, 0.15) is 0 Å². The molecule has 1 rings (SSSR count). The van der Waals surface area contributed by atoms with E-state index in [1.165, 1.54) is 21.2 Å². The number of rotatable bonds is 6. The lowest BCUT2D eigenvalue weighted by Crippen LogP contribution is -2.28. The minimum atomic E-state index is -2.92. The monoisotopic (exact) mass is 286 g/mol. The Balaban J connectivity index is 2.19. The van der Waals surface area contributed by atoms with Gasteiger partial charge in [-0.15, -0.1) is 0 Å². The third-order valence-corrected chi connectivity index (χ3v) is 8.23. The van der Waals surface area contributed by atoms with E-state index in [1.807, 2.05) is 13.8 Å². The molecule has 1 aliphatic rings. The van der Waals surface area contributed by atoms with E-state index in [2.05, 4.69) is 0 Å². The van der Waals surface area contributed by atoms with Gasteiger partial charge in [-0.25, -0.2) is 4.57 Å². The molecular formula is C9H19O4PS2. The summed E-state index contributed by atoms with van der Waals surface area (Å²) in [6.07, 6.45) is 1.70. The predicted molar refractivity (Wildman–Crippen MR) is 69.7 cm³/mol. The van der Waals surface area contributed by atoms with Crippen molar-refractivity contribution in [1.82, 2.24) is 0 Å². The highest BCUT2D eigenvalue weighted by Crippen LogP contribution is 2.68. The molecule has 0 aliphatic carbocycles. The van der Waals surface area contributed by atoms with Crippen molar-refractivity contribution in [1.29, 1.82) is 0 Å². The Bertz CT molecular complexity index is 246. The van der Waals surface area contributed by atoms with E-state index in [9.17, 15) is 4.57 Å². The SMILES string of the molecule is CC1(C)COP(=O)(SSCCCCO)OC1. The van der Waals surface area contributed by atoms with Crippen LogP contribution in [0.25, 0.3) is 0 Å². The molecule has 0 radical (unpaired) electrons. The number of unbranched alkanes of at least 4 members (excludes halogenated alkanes) is 1. The summed E-state index contributed by atoms with van der Waals surface area (Å²) in [5, 5.41) is 8.60. The molecule has 16 heavy (non-hydrogen) atoms. The van der Waals surface area contributed by atoms with Gasteiger partial charge in [-0.2, -0.15) is 0 Å². The second-order valence-electron chi connectivity index (χ2n) is 4.49. The molecule has 0 amide bonds. The van der Waals surface area contributed by atoms with E-state index < -0.39 is 6.80 Å². The van der Waals surface area contributed by atoms with Crippen molar-refractivity contribution in [2.75, 3.05) is 25.6 Å². The van der Waals surface area contributed by atoms with Crippen molar-refractivity contribution >= 4 is 28.0 Å². The maximum absolute atomic E-state index is 12.0. The molecule has 0 bridgehead atoms. The van der Waals surface area contributed by atoms with Crippen LogP contribution in [-0.2, 0) is 13.6 Å². The van der Waals surface area contributed by atoms with Gasteiger partial charge in [0.2, 0.25) is 0 Å². The highest BCUT2D eigenvalue weighted by atomic mass is 33.3. The maximum atomic E-state index is 12.0. The molecule has 0 aromatic heterocycles. The molecule has 1 heterocycles. The fraction of sp³-hybridized carbons (Fsp3) is 1.00. The van der Waals surface area contributed by atoms with Crippen LogP contribution in [0.2, 0.25) is 0 Å². The fourth-order valence-corrected chi connectivity index (χ4v) is 6.85. The Morgan fingerprint density at radius 2 is 1.94 bits per heavy atom. The van der Waals surface area contributed by atoms with Crippen LogP contribution >= 0.6 is 28.0 Å². The van der Waals surface area contributed by atoms with Gasteiger partial charge in [-0.05, 0) is 12.8 Å². The van der Waals surface area contributed by atoms with E-state index in [4.69, 9.17) is 14.2 Å². The van der Waals surface area contributed by atoms with E-state index in [0.29, 0.717) is 13.2 Å². The van der Waals surface area contributed by atoms with Gasteiger partial charge in [-0.3, -0.25) is 9.05 Å². The summed E-state index contributed by atoms with van der Waals surface area (Å²) in [4.78, 5) is 0. The molecule has 1 fully saturated rings. The summed E-state index contributed by atoms with van der Waals surface area (Å²) >= 11 is 0. The van der Waals surface area contributed by atoms with E-state index in [1.54, 1.807) is 0 Å². The highest BCUT2D eigenvalue weighted by Gasteiger charge is 2.37. The smallest absolute Gasteiger partial charge is 0.396 e. The Morgan fingerprint density at radius 1 is 1.31 bits per heavy atom. The van der Waals surface area contributed by atoms with E-state index >= 15 is 0 Å². The van der Waals surface area contributed by atoms with Gasteiger partial charge in [0, 0.05) is 28.2 Å². The standard InChI is InChI=1S/C9H19O4PS2/c1-9(2)7-12-14(11,13-8-9)16-15-6-4-3-5-10/h10H,3-8H2,1-2H3. The van der Waals surface area contributed by atoms with Crippen LogP contribution < -0.4 is 0 Å².